The van der Waals surface area contributed by atoms with Crippen LogP contribution in [0, 0.1) is 23.0 Å². The van der Waals surface area contributed by atoms with Crippen molar-refractivity contribution in [3.05, 3.63) is 29.3 Å². The van der Waals surface area contributed by atoms with Crippen LogP contribution in [0.1, 0.15) is 5.56 Å². The van der Waals surface area contributed by atoms with E-state index < -0.39 is 24.0 Å². The van der Waals surface area contributed by atoms with Gasteiger partial charge in [-0.25, -0.2) is 8.78 Å². The summed E-state index contributed by atoms with van der Waals surface area (Å²) in [5.74, 6) is -3.03. The maximum Gasteiger partial charge on any atom is 0.387 e. The molecule has 0 heterocycles. The Morgan fingerprint density at radius 2 is 1.87 bits per heavy atom. The zero-order chi connectivity index (χ0) is 11.4. The van der Waals surface area contributed by atoms with Gasteiger partial charge in [-0.2, -0.15) is 14.0 Å². The number of rotatable bonds is 3. The molecule has 1 aromatic rings. The topological polar surface area (TPSA) is 33.0 Å². The van der Waals surface area contributed by atoms with Crippen molar-refractivity contribution in [1.29, 1.82) is 5.26 Å². The fourth-order valence-corrected chi connectivity index (χ4v) is 0.999. The van der Waals surface area contributed by atoms with Gasteiger partial charge < -0.3 is 4.74 Å². The molecule has 6 heteroatoms. The molecule has 0 aliphatic rings. The van der Waals surface area contributed by atoms with Crippen LogP contribution in [0.4, 0.5) is 17.6 Å². The fourth-order valence-electron chi connectivity index (χ4n) is 0.999. The molecular formula is C9H5F4NO. The Balaban J connectivity index is 3.11. The molecule has 0 radical (unpaired) electrons. The molecule has 80 valence electrons. The number of nitriles is 1. The van der Waals surface area contributed by atoms with Gasteiger partial charge in [0, 0.05) is 11.6 Å². The van der Waals surface area contributed by atoms with E-state index in [0.717, 1.165) is 0 Å². The van der Waals surface area contributed by atoms with E-state index in [1.165, 1.54) is 0 Å². The van der Waals surface area contributed by atoms with Gasteiger partial charge in [-0.1, -0.05) is 0 Å². The van der Waals surface area contributed by atoms with Crippen LogP contribution < -0.4 is 4.74 Å². The van der Waals surface area contributed by atoms with Gasteiger partial charge >= 0.3 is 6.61 Å². The average molecular weight is 219 g/mol. The Labute approximate surface area is 82.7 Å². The van der Waals surface area contributed by atoms with Crippen molar-refractivity contribution < 1.29 is 22.3 Å². The van der Waals surface area contributed by atoms with Crippen molar-refractivity contribution in [2.45, 2.75) is 13.0 Å². The van der Waals surface area contributed by atoms with E-state index in [1.54, 1.807) is 6.07 Å². The molecule has 1 aromatic carbocycles. The van der Waals surface area contributed by atoms with Gasteiger partial charge in [0.1, 0.15) is 5.75 Å². The van der Waals surface area contributed by atoms with Gasteiger partial charge in [-0.3, -0.25) is 0 Å². The molecule has 0 unspecified atom stereocenters. The van der Waals surface area contributed by atoms with E-state index in [9.17, 15) is 17.6 Å². The SMILES string of the molecule is N#CCc1cc(F)c(F)cc1OC(F)F. The van der Waals surface area contributed by atoms with Crippen molar-refractivity contribution in [3.63, 3.8) is 0 Å². The maximum atomic E-state index is 12.7. The summed E-state index contributed by atoms with van der Waals surface area (Å²) in [5.41, 5.74) is -0.114. The number of alkyl halides is 2. The standard InChI is InChI=1S/C9H5F4NO/c10-6-3-5(1-2-14)8(4-7(6)11)15-9(12)13/h3-4,9H,1H2. The fraction of sp³-hybridized carbons (Fsp3) is 0.222. The van der Waals surface area contributed by atoms with Gasteiger partial charge in [-0.15, -0.1) is 0 Å². The van der Waals surface area contributed by atoms with Crippen LogP contribution >= 0.6 is 0 Å². The highest BCUT2D eigenvalue weighted by atomic mass is 19.3. The number of halogens is 4. The monoisotopic (exact) mass is 219 g/mol. The molecule has 0 atom stereocenters. The molecule has 0 spiro atoms. The van der Waals surface area contributed by atoms with Gasteiger partial charge in [0.15, 0.2) is 11.6 Å². The van der Waals surface area contributed by atoms with E-state index in [2.05, 4.69) is 4.74 Å². The van der Waals surface area contributed by atoms with Crippen LogP contribution in [0.25, 0.3) is 0 Å². The van der Waals surface area contributed by atoms with Crippen LogP contribution in [-0.2, 0) is 6.42 Å². The third-order valence-electron chi connectivity index (χ3n) is 1.59. The summed E-state index contributed by atoms with van der Waals surface area (Å²) in [6.07, 6.45) is -0.334. The maximum absolute atomic E-state index is 12.7. The largest absolute Gasteiger partial charge is 0.434 e. The lowest BCUT2D eigenvalue weighted by Gasteiger charge is -2.08. The van der Waals surface area contributed by atoms with Crippen LogP contribution in [-0.4, -0.2) is 6.61 Å². The summed E-state index contributed by atoms with van der Waals surface area (Å²) in [6.45, 7) is -3.15. The van der Waals surface area contributed by atoms with E-state index in [4.69, 9.17) is 5.26 Å². The van der Waals surface area contributed by atoms with E-state index in [1.807, 2.05) is 0 Å². The van der Waals surface area contributed by atoms with E-state index >= 15 is 0 Å². The van der Waals surface area contributed by atoms with Crippen molar-refractivity contribution >= 4 is 0 Å². The highest BCUT2D eigenvalue weighted by molar-refractivity contribution is 5.36. The summed E-state index contributed by atoms with van der Waals surface area (Å²) >= 11 is 0. The number of hydrogen-bond donors (Lipinski definition) is 0. The first-order chi connectivity index (χ1) is 7.04. The molecule has 0 aliphatic heterocycles. The van der Waals surface area contributed by atoms with Crippen molar-refractivity contribution in [2.75, 3.05) is 0 Å². The number of benzene rings is 1. The predicted molar refractivity (Wildman–Crippen MR) is 42.3 cm³/mol. The van der Waals surface area contributed by atoms with Gasteiger partial charge in [0.25, 0.3) is 0 Å². The molecule has 0 amide bonds. The molecule has 0 aliphatic carbocycles. The summed E-state index contributed by atoms with van der Waals surface area (Å²) in [5, 5.41) is 8.33. The molecule has 0 fully saturated rings. The van der Waals surface area contributed by atoms with Crippen molar-refractivity contribution in [1.82, 2.24) is 0 Å². The lowest BCUT2D eigenvalue weighted by atomic mass is 10.1. The third-order valence-corrected chi connectivity index (χ3v) is 1.59. The zero-order valence-corrected chi connectivity index (χ0v) is 7.31. The Bertz CT molecular complexity index is 400. The Hall–Kier alpha value is -1.77. The Kier molecular flexibility index (Phi) is 3.50. The quantitative estimate of drug-likeness (QED) is 0.732. The third kappa shape index (κ3) is 2.84. The Morgan fingerprint density at radius 1 is 1.27 bits per heavy atom. The van der Waals surface area contributed by atoms with Crippen molar-refractivity contribution in [3.8, 4) is 11.8 Å². The average Bonchev–Trinajstić information content (AvgIpc) is 2.13. The molecule has 0 saturated heterocycles. The first kappa shape index (κ1) is 11.3. The predicted octanol–water partition coefficient (Wildman–Crippen LogP) is 2.63. The lowest BCUT2D eigenvalue weighted by molar-refractivity contribution is -0.0506. The minimum absolute atomic E-state index is 0.114. The first-order valence-corrected chi connectivity index (χ1v) is 3.84. The summed E-state index contributed by atoms with van der Waals surface area (Å²) < 4.78 is 53.0. The van der Waals surface area contributed by atoms with Gasteiger partial charge in [0.05, 0.1) is 12.5 Å². The molecular weight excluding hydrogens is 214 g/mol. The first-order valence-electron chi connectivity index (χ1n) is 3.84. The molecule has 0 saturated carbocycles. The second-order valence-electron chi connectivity index (χ2n) is 2.59. The van der Waals surface area contributed by atoms with Gasteiger partial charge in [-0.05, 0) is 6.07 Å². The van der Waals surface area contributed by atoms with Crippen LogP contribution in [0.2, 0.25) is 0 Å². The van der Waals surface area contributed by atoms with Crippen LogP contribution in [0.15, 0.2) is 12.1 Å². The zero-order valence-electron chi connectivity index (χ0n) is 7.31. The normalized spacial score (nSPS) is 10.1. The number of nitrogens with zero attached hydrogens (tertiary/aromatic N) is 1. The molecule has 0 aromatic heterocycles. The second-order valence-corrected chi connectivity index (χ2v) is 2.59. The lowest BCUT2D eigenvalue weighted by Crippen LogP contribution is -2.05. The number of ether oxygens (including phenoxy) is 1. The molecule has 0 bridgehead atoms. The molecule has 1 rings (SSSR count). The minimum atomic E-state index is -3.15. The van der Waals surface area contributed by atoms with Gasteiger partial charge in [0.2, 0.25) is 0 Å². The highest BCUT2D eigenvalue weighted by Crippen LogP contribution is 2.24. The highest BCUT2D eigenvalue weighted by Gasteiger charge is 2.14. The molecule has 0 N–H and O–H groups in total. The van der Waals surface area contributed by atoms with Crippen LogP contribution in [0.3, 0.4) is 0 Å². The second kappa shape index (κ2) is 4.64. The van der Waals surface area contributed by atoms with E-state index in [0.29, 0.717) is 12.1 Å². The summed E-state index contributed by atoms with van der Waals surface area (Å²) in [4.78, 5) is 0. The minimum Gasteiger partial charge on any atom is -0.434 e. The smallest absolute Gasteiger partial charge is 0.387 e. The number of hydrogen-bond acceptors (Lipinski definition) is 2. The van der Waals surface area contributed by atoms with Crippen LogP contribution in [0.5, 0.6) is 5.75 Å². The molecule has 2 nitrogen and oxygen atoms in total. The van der Waals surface area contributed by atoms with E-state index in [-0.39, 0.29) is 12.0 Å². The molecule has 15 heavy (non-hydrogen) atoms. The van der Waals surface area contributed by atoms with Crippen molar-refractivity contribution in [2.24, 2.45) is 0 Å². The Morgan fingerprint density at radius 3 is 2.40 bits per heavy atom. The summed E-state index contributed by atoms with van der Waals surface area (Å²) in [6, 6.07) is 2.79. The summed E-state index contributed by atoms with van der Waals surface area (Å²) in [7, 11) is 0.